The fraction of sp³-hybridized carbons (Fsp3) is 0.167. The lowest BCUT2D eigenvalue weighted by molar-refractivity contribution is -0.131. The molecule has 2 rings (SSSR count). The fourth-order valence-corrected chi connectivity index (χ4v) is 3.07. The quantitative estimate of drug-likeness (QED) is 0.584. The van der Waals surface area contributed by atoms with Crippen LogP contribution in [0.5, 0.6) is 17.2 Å². The van der Waals surface area contributed by atoms with E-state index in [-0.39, 0.29) is 22.1 Å². The topological polar surface area (TPSA) is 99.1 Å². The molecule has 2 aromatic rings. The Bertz CT molecular complexity index is 929. The van der Waals surface area contributed by atoms with Gasteiger partial charge >= 0.3 is 16.1 Å². The van der Waals surface area contributed by atoms with Crippen LogP contribution in [-0.2, 0) is 14.9 Å². The van der Waals surface area contributed by atoms with E-state index in [1.54, 1.807) is 12.1 Å². The molecule has 8 heteroatoms. The highest BCUT2D eigenvalue weighted by molar-refractivity contribution is 7.87. The van der Waals surface area contributed by atoms with Crippen LogP contribution in [0.2, 0.25) is 0 Å². The summed E-state index contributed by atoms with van der Waals surface area (Å²) in [5.74, 6) is -0.975. The Morgan fingerprint density at radius 3 is 2.19 bits per heavy atom. The summed E-state index contributed by atoms with van der Waals surface area (Å²) in [5.41, 5.74) is 1.28. The van der Waals surface area contributed by atoms with Crippen molar-refractivity contribution < 1.29 is 32.0 Å². The maximum Gasteiger partial charge on any atom is 0.339 e. The molecule has 7 nitrogen and oxygen atoms in total. The van der Waals surface area contributed by atoms with Gasteiger partial charge in [0, 0.05) is 6.08 Å². The smallest absolute Gasteiger partial charge is 0.339 e. The van der Waals surface area contributed by atoms with Crippen molar-refractivity contribution in [3.63, 3.8) is 0 Å². The van der Waals surface area contributed by atoms with Crippen LogP contribution < -0.4 is 13.7 Å². The van der Waals surface area contributed by atoms with E-state index < -0.39 is 16.1 Å². The van der Waals surface area contributed by atoms with Gasteiger partial charge in [0.25, 0.3) is 0 Å². The summed E-state index contributed by atoms with van der Waals surface area (Å²) in [6.07, 6.45) is 2.20. The first kappa shape index (κ1) is 19.3. The predicted molar refractivity (Wildman–Crippen MR) is 95.2 cm³/mol. The summed E-state index contributed by atoms with van der Waals surface area (Å²) in [6, 6.07) is 9.03. The van der Waals surface area contributed by atoms with Crippen molar-refractivity contribution in [3.05, 3.63) is 53.6 Å². The van der Waals surface area contributed by atoms with Crippen molar-refractivity contribution in [2.45, 2.75) is 11.8 Å². The van der Waals surface area contributed by atoms with Crippen molar-refractivity contribution in [3.8, 4) is 17.2 Å². The average Bonchev–Trinajstić information content (AvgIpc) is 2.59. The number of hydrogen-bond donors (Lipinski definition) is 1. The SMILES string of the molecule is COc1cc(/C=C/C(=O)O)cc(OS(=O)(=O)c2ccc(C)cc2)c1OC. The van der Waals surface area contributed by atoms with Crippen molar-refractivity contribution in [2.75, 3.05) is 14.2 Å². The van der Waals surface area contributed by atoms with Gasteiger partial charge in [0.05, 0.1) is 14.2 Å². The van der Waals surface area contributed by atoms with Gasteiger partial charge in [-0.15, -0.1) is 0 Å². The number of rotatable bonds is 7. The number of hydrogen-bond acceptors (Lipinski definition) is 6. The van der Waals surface area contributed by atoms with Crippen LogP contribution in [0, 0.1) is 6.92 Å². The summed E-state index contributed by atoms with van der Waals surface area (Å²) in [6.45, 7) is 1.84. The molecular weight excluding hydrogens is 360 g/mol. The van der Waals surface area contributed by atoms with Crippen molar-refractivity contribution >= 4 is 22.2 Å². The van der Waals surface area contributed by atoms with E-state index in [9.17, 15) is 13.2 Å². The number of aliphatic carboxylic acids is 1. The molecule has 0 aliphatic carbocycles. The van der Waals surface area contributed by atoms with Gasteiger partial charge in [0.1, 0.15) is 4.90 Å². The standard InChI is InChI=1S/C18H18O7S/c1-12-4-7-14(8-5-12)26(21,22)25-16-11-13(6-9-17(19)20)10-15(23-2)18(16)24-3/h4-11H,1-3H3,(H,19,20)/b9-6+. The number of carboxylic acids is 1. The first-order chi connectivity index (χ1) is 12.3. The second-order valence-electron chi connectivity index (χ2n) is 5.28. The Balaban J connectivity index is 2.50. The molecule has 0 aliphatic rings. The molecule has 0 fully saturated rings. The monoisotopic (exact) mass is 378 g/mol. The van der Waals surface area contributed by atoms with Crippen LogP contribution >= 0.6 is 0 Å². The van der Waals surface area contributed by atoms with Crippen LogP contribution in [-0.4, -0.2) is 33.7 Å². The summed E-state index contributed by atoms with van der Waals surface area (Å²) in [5, 5.41) is 8.76. The molecule has 0 radical (unpaired) electrons. The summed E-state index contributed by atoms with van der Waals surface area (Å²) in [7, 11) is -1.39. The summed E-state index contributed by atoms with van der Waals surface area (Å²) >= 11 is 0. The van der Waals surface area contributed by atoms with Gasteiger partial charge in [-0.2, -0.15) is 8.42 Å². The van der Waals surface area contributed by atoms with Crippen LogP contribution in [0.25, 0.3) is 6.08 Å². The zero-order valence-corrected chi connectivity index (χ0v) is 15.2. The Morgan fingerprint density at radius 2 is 1.65 bits per heavy atom. The zero-order valence-electron chi connectivity index (χ0n) is 14.4. The molecule has 0 atom stereocenters. The first-order valence-electron chi connectivity index (χ1n) is 7.45. The highest BCUT2D eigenvalue weighted by Gasteiger charge is 2.22. The summed E-state index contributed by atoms with van der Waals surface area (Å²) in [4.78, 5) is 10.7. The lowest BCUT2D eigenvalue weighted by Gasteiger charge is -2.15. The Labute approximate surface area is 151 Å². The highest BCUT2D eigenvalue weighted by Crippen LogP contribution is 2.40. The third kappa shape index (κ3) is 4.54. The van der Waals surface area contributed by atoms with Gasteiger partial charge < -0.3 is 18.8 Å². The minimum atomic E-state index is -4.11. The van der Waals surface area contributed by atoms with Crippen molar-refractivity contribution in [1.82, 2.24) is 0 Å². The minimum absolute atomic E-state index is 0.0180. The number of benzene rings is 2. The van der Waals surface area contributed by atoms with E-state index >= 15 is 0 Å². The molecule has 0 heterocycles. The van der Waals surface area contributed by atoms with E-state index in [0.29, 0.717) is 5.56 Å². The number of methoxy groups -OCH3 is 2. The maximum absolute atomic E-state index is 12.5. The molecule has 1 N–H and O–H groups in total. The van der Waals surface area contributed by atoms with Gasteiger partial charge in [0.2, 0.25) is 5.75 Å². The van der Waals surface area contributed by atoms with E-state index in [2.05, 4.69) is 0 Å². The molecule has 0 spiro atoms. The molecular formula is C18H18O7S. The Morgan fingerprint density at radius 1 is 1.04 bits per heavy atom. The lowest BCUT2D eigenvalue weighted by atomic mass is 10.1. The van der Waals surface area contributed by atoms with Crippen LogP contribution in [0.15, 0.2) is 47.4 Å². The molecule has 2 aromatic carbocycles. The fourth-order valence-electron chi connectivity index (χ4n) is 2.15. The molecule has 26 heavy (non-hydrogen) atoms. The molecule has 0 saturated heterocycles. The van der Waals surface area contributed by atoms with E-state index in [1.807, 2.05) is 6.92 Å². The average molecular weight is 378 g/mol. The number of ether oxygens (including phenoxy) is 2. The number of carboxylic acid groups (broad SMARTS) is 1. The highest BCUT2D eigenvalue weighted by atomic mass is 32.2. The Kier molecular flexibility index (Phi) is 5.89. The molecule has 138 valence electrons. The van der Waals surface area contributed by atoms with E-state index in [0.717, 1.165) is 11.6 Å². The van der Waals surface area contributed by atoms with Crippen molar-refractivity contribution in [1.29, 1.82) is 0 Å². The van der Waals surface area contributed by atoms with Gasteiger partial charge in [-0.05, 0) is 42.8 Å². The first-order valence-corrected chi connectivity index (χ1v) is 8.86. The molecule has 0 unspecified atom stereocenters. The van der Waals surface area contributed by atoms with Gasteiger partial charge in [0.15, 0.2) is 11.5 Å². The number of aryl methyl sites for hydroxylation is 1. The normalized spacial score (nSPS) is 11.3. The third-order valence-electron chi connectivity index (χ3n) is 3.39. The Hall–Kier alpha value is -3.00. The van der Waals surface area contributed by atoms with Gasteiger partial charge in [-0.3, -0.25) is 0 Å². The lowest BCUT2D eigenvalue weighted by Crippen LogP contribution is -2.11. The van der Waals surface area contributed by atoms with E-state index in [4.69, 9.17) is 18.8 Å². The van der Waals surface area contributed by atoms with Crippen LogP contribution in [0.1, 0.15) is 11.1 Å². The molecule has 0 amide bonds. The second-order valence-corrected chi connectivity index (χ2v) is 6.82. The molecule has 0 bridgehead atoms. The van der Waals surface area contributed by atoms with Gasteiger partial charge in [-0.1, -0.05) is 17.7 Å². The van der Waals surface area contributed by atoms with Crippen molar-refractivity contribution in [2.24, 2.45) is 0 Å². The zero-order chi connectivity index (χ0) is 19.3. The maximum atomic E-state index is 12.5. The van der Waals surface area contributed by atoms with Crippen LogP contribution in [0.3, 0.4) is 0 Å². The third-order valence-corrected chi connectivity index (χ3v) is 4.64. The predicted octanol–water partition coefficient (Wildman–Crippen LogP) is 2.88. The number of carbonyl (C=O) groups is 1. The van der Waals surface area contributed by atoms with E-state index in [1.165, 1.54) is 44.6 Å². The van der Waals surface area contributed by atoms with Crippen LogP contribution in [0.4, 0.5) is 0 Å². The van der Waals surface area contributed by atoms with Gasteiger partial charge in [-0.25, -0.2) is 4.79 Å². The second kappa shape index (κ2) is 7.92. The molecule has 0 aromatic heterocycles. The minimum Gasteiger partial charge on any atom is -0.493 e. The summed E-state index contributed by atoms with van der Waals surface area (Å²) < 4.78 is 40.7. The largest absolute Gasteiger partial charge is 0.493 e. The molecule has 0 aliphatic heterocycles. The molecule has 0 saturated carbocycles.